The normalized spacial score (nSPS) is 17.1. The summed E-state index contributed by atoms with van der Waals surface area (Å²) in [7, 11) is 0. The van der Waals surface area contributed by atoms with Crippen LogP contribution in [0.25, 0.3) is 0 Å². The Morgan fingerprint density at radius 3 is 3.05 bits per heavy atom. The standard InChI is InChI=1S/C13H17N5OS/c19-13(12-14-10-15-16-12)18-5-2-4-17(6-7-18)9-11-3-1-8-20-11/h1,3,8,10H,2,4-7,9H2,(H,14,15,16). The van der Waals surface area contributed by atoms with Gasteiger partial charge in [-0.1, -0.05) is 6.07 Å². The number of hydrogen-bond donors (Lipinski definition) is 1. The van der Waals surface area contributed by atoms with Gasteiger partial charge in [-0.05, 0) is 17.9 Å². The molecule has 20 heavy (non-hydrogen) atoms. The first kappa shape index (κ1) is 13.3. The van der Waals surface area contributed by atoms with Crippen molar-refractivity contribution in [1.29, 1.82) is 0 Å². The van der Waals surface area contributed by atoms with Crippen molar-refractivity contribution in [3.05, 3.63) is 34.5 Å². The largest absolute Gasteiger partial charge is 0.335 e. The minimum absolute atomic E-state index is 0.0551. The third-order valence-corrected chi connectivity index (χ3v) is 4.31. The Morgan fingerprint density at radius 2 is 2.30 bits per heavy atom. The summed E-state index contributed by atoms with van der Waals surface area (Å²) in [4.78, 5) is 21.8. The third-order valence-electron chi connectivity index (χ3n) is 3.45. The van der Waals surface area contributed by atoms with Gasteiger partial charge in [-0.25, -0.2) is 4.98 Å². The van der Waals surface area contributed by atoms with Crippen LogP contribution in [0.2, 0.25) is 0 Å². The molecule has 0 atom stereocenters. The van der Waals surface area contributed by atoms with Gasteiger partial charge in [0.25, 0.3) is 5.91 Å². The van der Waals surface area contributed by atoms with Gasteiger partial charge in [-0.3, -0.25) is 14.8 Å². The quantitative estimate of drug-likeness (QED) is 0.923. The molecule has 106 valence electrons. The second-order valence-corrected chi connectivity index (χ2v) is 5.87. The first-order chi connectivity index (χ1) is 9.83. The Kier molecular flexibility index (Phi) is 4.08. The number of nitrogens with one attached hydrogen (secondary N) is 1. The van der Waals surface area contributed by atoms with Crippen LogP contribution < -0.4 is 0 Å². The minimum Gasteiger partial charge on any atom is -0.335 e. The van der Waals surface area contributed by atoms with Crippen LogP contribution >= 0.6 is 11.3 Å². The fourth-order valence-electron chi connectivity index (χ4n) is 2.41. The molecule has 7 heteroatoms. The van der Waals surface area contributed by atoms with Gasteiger partial charge in [0.2, 0.25) is 5.82 Å². The Balaban J connectivity index is 1.58. The van der Waals surface area contributed by atoms with Crippen LogP contribution in [0.15, 0.2) is 23.8 Å². The van der Waals surface area contributed by atoms with Gasteiger partial charge >= 0.3 is 0 Å². The number of nitrogens with zero attached hydrogens (tertiary/aromatic N) is 4. The fraction of sp³-hybridized carbons (Fsp3) is 0.462. The molecule has 0 saturated carbocycles. The van der Waals surface area contributed by atoms with Crippen molar-refractivity contribution < 1.29 is 4.79 Å². The van der Waals surface area contributed by atoms with Crippen molar-refractivity contribution in [1.82, 2.24) is 25.0 Å². The van der Waals surface area contributed by atoms with Crippen molar-refractivity contribution in [3.63, 3.8) is 0 Å². The molecule has 1 fully saturated rings. The molecule has 1 N–H and O–H groups in total. The van der Waals surface area contributed by atoms with Crippen molar-refractivity contribution in [2.75, 3.05) is 26.2 Å². The number of carbonyl (C=O) groups excluding carboxylic acids is 1. The van der Waals surface area contributed by atoms with E-state index in [1.165, 1.54) is 11.2 Å². The molecule has 1 aliphatic rings. The first-order valence-electron chi connectivity index (χ1n) is 6.72. The fourth-order valence-corrected chi connectivity index (χ4v) is 3.16. The highest BCUT2D eigenvalue weighted by Crippen LogP contribution is 2.14. The van der Waals surface area contributed by atoms with E-state index in [-0.39, 0.29) is 5.91 Å². The summed E-state index contributed by atoms with van der Waals surface area (Å²) in [6, 6.07) is 4.24. The molecule has 1 amide bonds. The predicted octanol–water partition coefficient (Wildman–Crippen LogP) is 1.21. The van der Waals surface area contributed by atoms with E-state index in [1.54, 1.807) is 11.3 Å². The lowest BCUT2D eigenvalue weighted by Crippen LogP contribution is -2.35. The van der Waals surface area contributed by atoms with Crippen molar-refractivity contribution >= 4 is 17.2 Å². The van der Waals surface area contributed by atoms with E-state index in [0.29, 0.717) is 5.82 Å². The second-order valence-electron chi connectivity index (χ2n) is 4.84. The summed E-state index contributed by atoms with van der Waals surface area (Å²) < 4.78 is 0. The summed E-state index contributed by atoms with van der Waals surface area (Å²) in [6.45, 7) is 4.42. The van der Waals surface area contributed by atoms with Gasteiger partial charge in [0.05, 0.1) is 0 Å². The molecule has 0 spiro atoms. The van der Waals surface area contributed by atoms with E-state index in [2.05, 4.69) is 37.6 Å². The summed E-state index contributed by atoms with van der Waals surface area (Å²) >= 11 is 1.78. The van der Waals surface area contributed by atoms with Gasteiger partial charge in [-0.15, -0.1) is 11.3 Å². The van der Waals surface area contributed by atoms with Crippen molar-refractivity contribution in [3.8, 4) is 0 Å². The predicted molar refractivity (Wildman–Crippen MR) is 76.5 cm³/mol. The molecule has 6 nitrogen and oxygen atoms in total. The minimum atomic E-state index is -0.0551. The van der Waals surface area contributed by atoms with Crippen LogP contribution in [0.5, 0.6) is 0 Å². The summed E-state index contributed by atoms with van der Waals surface area (Å²) in [5.74, 6) is 0.275. The number of aromatic amines is 1. The van der Waals surface area contributed by atoms with Gasteiger partial charge in [0, 0.05) is 37.6 Å². The Bertz CT molecular complexity index is 539. The van der Waals surface area contributed by atoms with Crippen molar-refractivity contribution in [2.45, 2.75) is 13.0 Å². The van der Waals surface area contributed by atoms with Gasteiger partial charge < -0.3 is 4.90 Å². The lowest BCUT2D eigenvalue weighted by atomic mass is 10.3. The van der Waals surface area contributed by atoms with Crippen LogP contribution in [0, 0.1) is 0 Å². The highest BCUT2D eigenvalue weighted by Gasteiger charge is 2.22. The molecule has 1 aliphatic heterocycles. The van der Waals surface area contributed by atoms with E-state index >= 15 is 0 Å². The highest BCUT2D eigenvalue weighted by molar-refractivity contribution is 7.09. The molecule has 0 bridgehead atoms. The smallest absolute Gasteiger partial charge is 0.291 e. The molecule has 0 aliphatic carbocycles. The van der Waals surface area contributed by atoms with E-state index in [4.69, 9.17) is 0 Å². The maximum atomic E-state index is 12.2. The van der Waals surface area contributed by atoms with Crippen molar-refractivity contribution in [2.24, 2.45) is 0 Å². The first-order valence-corrected chi connectivity index (χ1v) is 7.60. The van der Waals surface area contributed by atoms with Crippen LogP contribution in [0.4, 0.5) is 0 Å². The van der Waals surface area contributed by atoms with E-state index < -0.39 is 0 Å². The van der Waals surface area contributed by atoms with Crippen LogP contribution in [0.1, 0.15) is 21.9 Å². The van der Waals surface area contributed by atoms with Gasteiger partial charge in [0.1, 0.15) is 6.33 Å². The number of carbonyl (C=O) groups is 1. The number of hydrogen-bond acceptors (Lipinski definition) is 5. The molecular formula is C13H17N5OS. The average molecular weight is 291 g/mol. The summed E-state index contributed by atoms with van der Waals surface area (Å²) in [5.41, 5.74) is 0. The molecule has 3 rings (SSSR count). The lowest BCUT2D eigenvalue weighted by molar-refractivity contribution is 0.0749. The van der Waals surface area contributed by atoms with Crippen LogP contribution in [-0.2, 0) is 6.54 Å². The topological polar surface area (TPSA) is 65.1 Å². The second kappa shape index (κ2) is 6.15. The summed E-state index contributed by atoms with van der Waals surface area (Å²) in [5, 5.41) is 8.48. The Labute approximate surface area is 121 Å². The Morgan fingerprint density at radius 1 is 1.35 bits per heavy atom. The molecule has 0 aromatic carbocycles. The lowest BCUT2D eigenvalue weighted by Gasteiger charge is -2.20. The number of rotatable bonds is 3. The highest BCUT2D eigenvalue weighted by atomic mass is 32.1. The number of H-pyrrole nitrogens is 1. The maximum absolute atomic E-state index is 12.2. The Hall–Kier alpha value is -1.73. The van der Waals surface area contributed by atoms with Gasteiger partial charge in [-0.2, -0.15) is 5.10 Å². The molecule has 0 radical (unpaired) electrons. The zero-order valence-corrected chi connectivity index (χ0v) is 12.0. The van der Waals surface area contributed by atoms with Crippen LogP contribution in [0.3, 0.4) is 0 Å². The average Bonchev–Trinajstić information content (AvgIpc) is 3.10. The van der Waals surface area contributed by atoms with Gasteiger partial charge in [0.15, 0.2) is 0 Å². The molecule has 0 unspecified atom stereocenters. The molecule has 3 heterocycles. The summed E-state index contributed by atoms with van der Waals surface area (Å²) in [6.07, 6.45) is 2.36. The van der Waals surface area contributed by atoms with E-state index in [0.717, 1.165) is 39.1 Å². The maximum Gasteiger partial charge on any atom is 0.291 e. The number of aromatic nitrogens is 3. The zero-order chi connectivity index (χ0) is 13.8. The SMILES string of the molecule is O=C(c1ncn[nH]1)N1CCCN(Cc2cccs2)CC1. The molecule has 2 aromatic rings. The molecular weight excluding hydrogens is 274 g/mol. The monoisotopic (exact) mass is 291 g/mol. The zero-order valence-electron chi connectivity index (χ0n) is 11.2. The van der Waals surface area contributed by atoms with E-state index in [9.17, 15) is 4.79 Å². The number of thiophene rings is 1. The van der Waals surface area contributed by atoms with Crippen LogP contribution in [-0.4, -0.2) is 57.1 Å². The number of amides is 1. The molecule has 1 saturated heterocycles. The third kappa shape index (κ3) is 3.05. The van der Waals surface area contributed by atoms with E-state index in [1.807, 2.05) is 4.90 Å². The molecule has 2 aromatic heterocycles.